The molecule has 122 valence electrons. The molecule has 6 heteroatoms. The summed E-state index contributed by atoms with van der Waals surface area (Å²) in [6.45, 7) is 0.819. The number of carboxylic acids is 2. The lowest BCUT2D eigenvalue weighted by atomic mass is 10.1. The number of hydrogen-bond acceptors (Lipinski definition) is 3. The van der Waals surface area contributed by atoms with Crippen LogP contribution in [0.5, 0.6) is 0 Å². The fourth-order valence-electron chi connectivity index (χ4n) is 1.65. The number of nitrogens with two attached hydrogens (primary N) is 1. The van der Waals surface area contributed by atoms with Crippen LogP contribution >= 0.6 is 8.58 Å². The van der Waals surface area contributed by atoms with Crippen molar-refractivity contribution in [3.63, 3.8) is 0 Å². The van der Waals surface area contributed by atoms with Crippen molar-refractivity contribution in [2.75, 3.05) is 12.7 Å². The highest BCUT2D eigenvalue weighted by atomic mass is 31.1. The topological polar surface area (TPSA) is 101 Å². The highest BCUT2D eigenvalue weighted by Crippen LogP contribution is 2.09. The third-order valence-electron chi connectivity index (χ3n) is 2.86. The Hall–Kier alpha value is -2.23. The smallest absolute Gasteiger partial charge is 0.335 e. The molecule has 1 unspecified atom stereocenters. The second-order valence-corrected chi connectivity index (χ2v) is 6.05. The lowest BCUT2D eigenvalue weighted by Crippen LogP contribution is -2.01. The van der Waals surface area contributed by atoms with Gasteiger partial charge >= 0.3 is 11.9 Å². The number of hydrogen-bond donors (Lipinski definition) is 3. The molecule has 0 radical (unpaired) electrons. The summed E-state index contributed by atoms with van der Waals surface area (Å²) in [6, 6.07) is 15.6. The first-order valence-electron chi connectivity index (χ1n) is 7.10. The van der Waals surface area contributed by atoms with Gasteiger partial charge in [0.05, 0.1) is 11.1 Å². The molecule has 0 amide bonds. The fraction of sp³-hybridized carbons (Fsp3) is 0.176. The van der Waals surface area contributed by atoms with Crippen LogP contribution in [0.4, 0.5) is 0 Å². The monoisotopic (exact) mass is 333 g/mol. The Balaban J connectivity index is 0.000000231. The van der Waals surface area contributed by atoms with Gasteiger partial charge < -0.3 is 15.9 Å². The Morgan fingerprint density at radius 3 is 1.74 bits per heavy atom. The number of carboxylic acid groups (broad SMARTS) is 2. The van der Waals surface area contributed by atoms with Gasteiger partial charge in [-0.25, -0.2) is 9.59 Å². The summed E-state index contributed by atoms with van der Waals surface area (Å²) >= 11 is 0. The quantitative estimate of drug-likeness (QED) is 0.557. The molecule has 0 heterocycles. The van der Waals surface area contributed by atoms with Gasteiger partial charge in [-0.2, -0.15) is 0 Å². The molecule has 0 aliphatic rings. The van der Waals surface area contributed by atoms with Crippen molar-refractivity contribution >= 4 is 25.8 Å². The largest absolute Gasteiger partial charge is 0.478 e. The van der Waals surface area contributed by atoms with Crippen LogP contribution in [0.25, 0.3) is 0 Å². The van der Waals surface area contributed by atoms with Gasteiger partial charge in [0.1, 0.15) is 0 Å². The Labute approximate surface area is 136 Å². The highest BCUT2D eigenvalue weighted by Gasteiger charge is 2.04. The summed E-state index contributed by atoms with van der Waals surface area (Å²) in [5, 5.41) is 18.4. The molecule has 1 atom stereocenters. The van der Waals surface area contributed by atoms with Crippen molar-refractivity contribution in [3.05, 3.63) is 65.7 Å². The van der Waals surface area contributed by atoms with E-state index in [0.29, 0.717) is 0 Å². The normalized spacial score (nSPS) is 10.1. The summed E-state index contributed by atoms with van der Waals surface area (Å²) in [4.78, 5) is 20.7. The maximum absolute atomic E-state index is 10.3. The minimum absolute atomic E-state index is 0.0833. The van der Waals surface area contributed by atoms with Crippen LogP contribution in [-0.4, -0.2) is 34.9 Å². The molecule has 0 aromatic heterocycles. The van der Waals surface area contributed by atoms with Crippen molar-refractivity contribution < 1.29 is 19.8 Å². The van der Waals surface area contributed by atoms with Crippen molar-refractivity contribution in [1.29, 1.82) is 0 Å². The summed E-state index contributed by atoms with van der Waals surface area (Å²) < 4.78 is 0. The van der Waals surface area contributed by atoms with Crippen LogP contribution in [0.3, 0.4) is 0 Å². The van der Waals surface area contributed by atoms with E-state index in [0.717, 1.165) is 21.5 Å². The van der Waals surface area contributed by atoms with Crippen molar-refractivity contribution in [3.8, 4) is 0 Å². The third-order valence-corrected chi connectivity index (χ3v) is 4.21. The molecule has 0 spiro atoms. The van der Waals surface area contributed by atoms with E-state index in [1.165, 1.54) is 35.7 Å². The Morgan fingerprint density at radius 1 is 0.870 bits per heavy atom. The second kappa shape index (κ2) is 10.5. The molecular weight excluding hydrogens is 313 g/mol. The van der Waals surface area contributed by atoms with Crippen LogP contribution < -0.4 is 11.0 Å². The van der Waals surface area contributed by atoms with Crippen molar-refractivity contribution in [2.24, 2.45) is 5.73 Å². The molecule has 0 aliphatic carbocycles. The Morgan fingerprint density at radius 2 is 1.35 bits per heavy atom. The molecule has 2 aromatic rings. The van der Waals surface area contributed by atoms with Gasteiger partial charge in [-0.15, -0.1) is 0 Å². The molecule has 5 nitrogen and oxygen atoms in total. The first-order chi connectivity index (χ1) is 11.0. The van der Waals surface area contributed by atoms with Gasteiger partial charge in [0, 0.05) is 0 Å². The van der Waals surface area contributed by atoms with E-state index in [9.17, 15) is 9.59 Å². The number of aromatic carboxylic acids is 2. The zero-order valence-corrected chi connectivity index (χ0v) is 13.6. The van der Waals surface area contributed by atoms with Gasteiger partial charge in [-0.3, -0.25) is 0 Å². The van der Waals surface area contributed by atoms with E-state index >= 15 is 0 Å². The summed E-state index contributed by atoms with van der Waals surface area (Å²) in [5.41, 5.74) is 5.56. The minimum atomic E-state index is -1.06. The van der Waals surface area contributed by atoms with Gasteiger partial charge in [-0.05, 0) is 48.7 Å². The molecule has 2 aromatic carbocycles. The van der Waals surface area contributed by atoms with Gasteiger partial charge in [0.2, 0.25) is 0 Å². The van der Waals surface area contributed by atoms with Crippen LogP contribution in [0.2, 0.25) is 0 Å². The first-order valence-corrected chi connectivity index (χ1v) is 8.31. The third kappa shape index (κ3) is 7.54. The zero-order valence-electron chi connectivity index (χ0n) is 12.6. The molecule has 0 bridgehead atoms. The van der Waals surface area contributed by atoms with Gasteiger partial charge in [-0.1, -0.05) is 38.9 Å². The van der Waals surface area contributed by atoms with Crippen LogP contribution in [0.1, 0.15) is 27.1 Å². The number of benzene rings is 2. The maximum Gasteiger partial charge on any atom is 0.335 e. The van der Waals surface area contributed by atoms with E-state index in [2.05, 4.69) is 30.3 Å². The van der Waals surface area contributed by atoms with E-state index in [4.69, 9.17) is 15.9 Å². The van der Waals surface area contributed by atoms with Crippen LogP contribution in [0, 0.1) is 0 Å². The summed E-state index contributed by atoms with van der Waals surface area (Å²) in [5.74, 6) is -2.13. The molecular formula is C17H20NO4P. The molecule has 0 saturated heterocycles. The first kappa shape index (κ1) is 18.8. The molecule has 23 heavy (non-hydrogen) atoms. The van der Waals surface area contributed by atoms with E-state index in [-0.39, 0.29) is 11.1 Å². The zero-order chi connectivity index (χ0) is 17.1. The van der Waals surface area contributed by atoms with Crippen molar-refractivity contribution in [2.45, 2.75) is 6.42 Å². The summed E-state index contributed by atoms with van der Waals surface area (Å²) in [6.07, 6.45) is 2.38. The molecule has 2 rings (SSSR count). The predicted octanol–water partition coefficient (Wildman–Crippen LogP) is 2.42. The standard InChI is InChI=1S/C9H14NP.C8H6O4/c10-7-4-8-11-9-5-2-1-3-6-9;9-7(10)5-1-2-6(4-3-5)8(11)12/h1-3,5-6,11H,4,7-8,10H2;1-4H,(H,9,10)(H,11,12). The lowest BCUT2D eigenvalue weighted by molar-refractivity contribution is 0.0681. The average molecular weight is 333 g/mol. The van der Waals surface area contributed by atoms with Crippen molar-refractivity contribution in [1.82, 2.24) is 0 Å². The predicted molar refractivity (Wildman–Crippen MR) is 93.3 cm³/mol. The van der Waals surface area contributed by atoms with Gasteiger partial charge in [0.25, 0.3) is 0 Å². The average Bonchev–Trinajstić information content (AvgIpc) is 2.57. The number of carbonyl (C=O) groups is 2. The molecule has 0 saturated carbocycles. The van der Waals surface area contributed by atoms with E-state index < -0.39 is 11.9 Å². The Kier molecular flexibility index (Phi) is 8.58. The number of rotatable bonds is 6. The van der Waals surface area contributed by atoms with Crippen LogP contribution in [0.15, 0.2) is 54.6 Å². The second-order valence-electron chi connectivity index (χ2n) is 4.62. The van der Waals surface area contributed by atoms with E-state index in [1.54, 1.807) is 0 Å². The molecule has 4 N–H and O–H groups in total. The highest BCUT2D eigenvalue weighted by molar-refractivity contribution is 7.47. The fourth-order valence-corrected chi connectivity index (χ4v) is 2.74. The Bertz CT molecular complexity index is 581. The van der Waals surface area contributed by atoms with Crippen LogP contribution in [-0.2, 0) is 0 Å². The molecule has 0 aliphatic heterocycles. The van der Waals surface area contributed by atoms with E-state index in [1.807, 2.05) is 0 Å². The molecule has 0 fully saturated rings. The minimum Gasteiger partial charge on any atom is -0.478 e. The van der Waals surface area contributed by atoms with Gasteiger partial charge in [0.15, 0.2) is 0 Å². The lowest BCUT2D eigenvalue weighted by Gasteiger charge is -1.98. The maximum atomic E-state index is 10.3. The summed E-state index contributed by atoms with van der Waals surface area (Å²) in [7, 11) is 0.931. The SMILES string of the molecule is NCCCPc1ccccc1.O=C(O)c1ccc(C(=O)O)cc1.